The van der Waals surface area contributed by atoms with Crippen LogP contribution in [-0.2, 0) is 22.4 Å². The second-order valence-electron chi connectivity index (χ2n) is 8.88. The first-order valence-electron chi connectivity index (χ1n) is 12.6. The Morgan fingerprint density at radius 1 is 0.758 bits per heavy atom. The molecule has 0 radical (unpaired) electrons. The minimum Gasteiger partial charge on any atom is -0.491 e. The van der Waals surface area contributed by atoms with Crippen molar-refractivity contribution in [2.45, 2.75) is 84.0 Å². The zero-order valence-electron chi connectivity index (χ0n) is 20.0. The molecule has 5 heteroatoms. The van der Waals surface area contributed by atoms with E-state index in [-0.39, 0.29) is 0 Å². The molecule has 3 rings (SSSR count). The van der Waals surface area contributed by atoms with Gasteiger partial charge in [-0.3, -0.25) is 9.59 Å². The molecule has 2 amide bonds. The standard InChI is InChI=1S/C28H38N2O3/c1-2-3-4-5-6-7-8-9-12-21-33-26-20-11-10-18-25(26)30-28(32)27(31)29-24-19-14-16-22-15-13-17-23(22)24/h10-11,14,16,18-20H,2-9,12-13,15,17,21H2,1H3,(H,29,31)(H,30,32). The third-order valence-electron chi connectivity index (χ3n) is 6.24. The molecule has 2 aromatic carbocycles. The van der Waals surface area contributed by atoms with Gasteiger partial charge in [0.25, 0.3) is 0 Å². The monoisotopic (exact) mass is 450 g/mol. The van der Waals surface area contributed by atoms with Crippen molar-refractivity contribution in [3.05, 3.63) is 53.6 Å². The van der Waals surface area contributed by atoms with E-state index < -0.39 is 11.8 Å². The Hall–Kier alpha value is -2.82. The van der Waals surface area contributed by atoms with Crippen molar-refractivity contribution in [1.82, 2.24) is 0 Å². The van der Waals surface area contributed by atoms with Crippen LogP contribution < -0.4 is 15.4 Å². The summed E-state index contributed by atoms with van der Waals surface area (Å²) in [5.41, 5.74) is 3.65. The number of fused-ring (bicyclic) bond motifs is 1. The Kier molecular flexibility index (Phi) is 10.3. The molecule has 1 aliphatic carbocycles. The van der Waals surface area contributed by atoms with E-state index in [0.717, 1.165) is 43.4 Å². The van der Waals surface area contributed by atoms with Crippen LogP contribution in [0.25, 0.3) is 0 Å². The Balaban J connectivity index is 1.41. The number of hydrogen-bond acceptors (Lipinski definition) is 3. The number of carbonyl (C=O) groups is 2. The molecule has 0 atom stereocenters. The number of rotatable bonds is 13. The zero-order chi connectivity index (χ0) is 23.3. The fraction of sp³-hybridized carbons (Fsp3) is 0.500. The summed E-state index contributed by atoms with van der Waals surface area (Å²) >= 11 is 0. The SMILES string of the molecule is CCCCCCCCCCCOc1ccccc1NC(=O)C(=O)Nc1cccc2c1CCC2. The Morgan fingerprint density at radius 3 is 2.15 bits per heavy atom. The molecule has 178 valence electrons. The Labute approximate surface area is 198 Å². The highest BCUT2D eigenvalue weighted by Gasteiger charge is 2.20. The molecule has 0 heterocycles. The number of benzene rings is 2. The highest BCUT2D eigenvalue weighted by atomic mass is 16.5. The van der Waals surface area contributed by atoms with Crippen LogP contribution >= 0.6 is 0 Å². The predicted octanol–water partition coefficient (Wildman–Crippen LogP) is 6.66. The first-order chi connectivity index (χ1) is 16.2. The van der Waals surface area contributed by atoms with E-state index in [4.69, 9.17) is 4.74 Å². The van der Waals surface area contributed by atoms with Crippen LogP contribution in [0.3, 0.4) is 0 Å². The molecule has 0 bridgehead atoms. The lowest BCUT2D eigenvalue weighted by atomic mass is 10.1. The first kappa shape index (κ1) is 24.8. The van der Waals surface area contributed by atoms with Crippen LogP contribution in [0.1, 0.15) is 82.3 Å². The van der Waals surface area contributed by atoms with Gasteiger partial charge in [0.15, 0.2) is 0 Å². The topological polar surface area (TPSA) is 67.4 Å². The highest BCUT2D eigenvalue weighted by Crippen LogP contribution is 2.29. The lowest BCUT2D eigenvalue weighted by Crippen LogP contribution is -2.29. The lowest BCUT2D eigenvalue weighted by molar-refractivity contribution is -0.133. The zero-order valence-corrected chi connectivity index (χ0v) is 20.0. The van der Waals surface area contributed by atoms with Gasteiger partial charge in [0.1, 0.15) is 5.75 Å². The smallest absolute Gasteiger partial charge is 0.314 e. The number of amides is 2. The van der Waals surface area contributed by atoms with Crippen molar-refractivity contribution < 1.29 is 14.3 Å². The molecule has 2 aromatic rings. The van der Waals surface area contributed by atoms with E-state index in [1.165, 1.54) is 50.5 Å². The summed E-state index contributed by atoms with van der Waals surface area (Å²) in [5, 5.41) is 5.49. The van der Waals surface area contributed by atoms with Crippen molar-refractivity contribution in [1.29, 1.82) is 0 Å². The van der Waals surface area contributed by atoms with Gasteiger partial charge in [0.2, 0.25) is 0 Å². The van der Waals surface area contributed by atoms with Gasteiger partial charge in [-0.1, -0.05) is 82.6 Å². The van der Waals surface area contributed by atoms with E-state index in [0.29, 0.717) is 18.0 Å². The summed E-state index contributed by atoms with van der Waals surface area (Å²) < 4.78 is 5.91. The fourth-order valence-corrected chi connectivity index (χ4v) is 4.39. The Morgan fingerprint density at radius 2 is 1.39 bits per heavy atom. The van der Waals surface area contributed by atoms with Crippen molar-refractivity contribution >= 4 is 23.2 Å². The predicted molar refractivity (Wildman–Crippen MR) is 135 cm³/mol. The third kappa shape index (κ3) is 7.92. The molecule has 0 unspecified atom stereocenters. The molecule has 0 aliphatic heterocycles. The second-order valence-corrected chi connectivity index (χ2v) is 8.88. The molecule has 0 saturated heterocycles. The molecule has 0 fully saturated rings. The average molecular weight is 451 g/mol. The van der Waals surface area contributed by atoms with Gasteiger partial charge in [-0.25, -0.2) is 0 Å². The maximum Gasteiger partial charge on any atom is 0.314 e. The average Bonchev–Trinajstić information content (AvgIpc) is 3.31. The minimum atomic E-state index is -0.690. The van der Waals surface area contributed by atoms with Crippen molar-refractivity contribution in [3.8, 4) is 5.75 Å². The summed E-state index contributed by atoms with van der Waals surface area (Å²) in [6.45, 7) is 2.85. The molecule has 1 aliphatic rings. The van der Waals surface area contributed by atoms with E-state index >= 15 is 0 Å². The number of carbonyl (C=O) groups excluding carboxylic acids is 2. The Bertz CT molecular complexity index is 910. The number of hydrogen-bond donors (Lipinski definition) is 2. The third-order valence-corrected chi connectivity index (χ3v) is 6.24. The van der Waals surface area contributed by atoms with Gasteiger partial charge in [0.05, 0.1) is 12.3 Å². The molecule has 5 nitrogen and oxygen atoms in total. The number of aryl methyl sites for hydroxylation is 1. The van der Waals surface area contributed by atoms with Crippen LogP contribution in [0.4, 0.5) is 11.4 Å². The molecule has 33 heavy (non-hydrogen) atoms. The molecular weight excluding hydrogens is 412 g/mol. The number of para-hydroxylation sites is 2. The maximum absolute atomic E-state index is 12.5. The van der Waals surface area contributed by atoms with E-state index in [9.17, 15) is 9.59 Å². The molecule has 0 saturated carbocycles. The van der Waals surface area contributed by atoms with E-state index in [2.05, 4.69) is 23.6 Å². The molecular formula is C28H38N2O3. The van der Waals surface area contributed by atoms with Gasteiger partial charge >= 0.3 is 11.8 Å². The molecule has 2 N–H and O–H groups in total. The number of anilines is 2. The number of ether oxygens (including phenoxy) is 1. The van der Waals surface area contributed by atoms with Crippen LogP contribution in [-0.4, -0.2) is 18.4 Å². The van der Waals surface area contributed by atoms with Gasteiger partial charge < -0.3 is 15.4 Å². The van der Waals surface area contributed by atoms with Crippen LogP contribution in [0.2, 0.25) is 0 Å². The summed E-state index contributed by atoms with van der Waals surface area (Å²) in [6.07, 6.45) is 14.3. The summed E-state index contributed by atoms with van der Waals surface area (Å²) in [5.74, 6) is -0.757. The normalized spacial score (nSPS) is 12.3. The van der Waals surface area contributed by atoms with Gasteiger partial charge in [-0.2, -0.15) is 0 Å². The highest BCUT2D eigenvalue weighted by molar-refractivity contribution is 6.43. The van der Waals surface area contributed by atoms with Gasteiger partial charge in [0, 0.05) is 5.69 Å². The van der Waals surface area contributed by atoms with Crippen LogP contribution in [0.15, 0.2) is 42.5 Å². The van der Waals surface area contributed by atoms with Crippen molar-refractivity contribution in [2.75, 3.05) is 17.2 Å². The van der Waals surface area contributed by atoms with E-state index in [1.807, 2.05) is 30.3 Å². The summed E-state index contributed by atoms with van der Waals surface area (Å²) in [6, 6.07) is 13.1. The minimum absolute atomic E-state index is 0.520. The molecule has 0 spiro atoms. The van der Waals surface area contributed by atoms with Crippen LogP contribution in [0, 0.1) is 0 Å². The fourth-order valence-electron chi connectivity index (χ4n) is 4.39. The summed E-state index contributed by atoms with van der Waals surface area (Å²) in [4.78, 5) is 25.0. The number of nitrogens with one attached hydrogen (secondary N) is 2. The number of unbranched alkanes of at least 4 members (excludes halogenated alkanes) is 8. The van der Waals surface area contributed by atoms with Crippen molar-refractivity contribution in [3.63, 3.8) is 0 Å². The van der Waals surface area contributed by atoms with E-state index in [1.54, 1.807) is 6.07 Å². The lowest BCUT2D eigenvalue weighted by Gasteiger charge is -2.13. The quantitative estimate of drug-likeness (QED) is 0.265. The first-order valence-corrected chi connectivity index (χ1v) is 12.6. The van der Waals surface area contributed by atoms with Crippen molar-refractivity contribution in [2.24, 2.45) is 0 Å². The maximum atomic E-state index is 12.5. The second kappa shape index (κ2) is 13.7. The van der Waals surface area contributed by atoms with Gasteiger partial charge in [-0.15, -0.1) is 0 Å². The van der Waals surface area contributed by atoms with Crippen LogP contribution in [0.5, 0.6) is 5.75 Å². The largest absolute Gasteiger partial charge is 0.491 e. The molecule has 0 aromatic heterocycles. The summed E-state index contributed by atoms with van der Waals surface area (Å²) in [7, 11) is 0. The van der Waals surface area contributed by atoms with Gasteiger partial charge in [-0.05, 0) is 55.0 Å².